The number of ether oxygens (including phenoxy) is 1. The Balaban J connectivity index is 1.70. The third-order valence-electron chi connectivity index (χ3n) is 15.5. The Hall–Kier alpha value is -6.22. The average molecular weight is 1090 g/mol. The molecule has 7 aromatic carbocycles. The van der Waals surface area contributed by atoms with Gasteiger partial charge in [-0.05, 0) is 195 Å². The van der Waals surface area contributed by atoms with E-state index >= 15 is 4.79 Å². The molecule has 8 heteroatoms. The lowest BCUT2D eigenvalue weighted by Crippen LogP contribution is -2.43. The summed E-state index contributed by atoms with van der Waals surface area (Å²) < 4.78 is 8.30. The zero-order valence-electron chi connectivity index (χ0n) is 49.9. The molecule has 0 saturated carbocycles. The molecular weight excluding hydrogens is 1010 g/mol. The van der Waals surface area contributed by atoms with Gasteiger partial charge in [-0.15, -0.1) is 4.91 Å². The molecule has 7 aromatic rings. The minimum Gasteiger partial charge on any atom is -0.467 e. The Morgan fingerprint density at radius 3 is 0.911 bits per heavy atom. The molecule has 414 valence electrons. The fraction of sp³-hybridized carbons (Fsp3) is 0.380. The topological polar surface area (TPSA) is 84.8 Å². The normalized spacial score (nSPS) is 12.3. The molecule has 6 nitrogen and oxygen atoms in total. The number of nitroso groups, excluding NO2 is 1. The molecule has 1 N–H and O–H groups in total. The summed E-state index contributed by atoms with van der Waals surface area (Å²) in [6.07, 6.45) is 0. The first-order valence-corrected chi connectivity index (χ1v) is 30.8. The van der Waals surface area contributed by atoms with Gasteiger partial charge in [0.2, 0.25) is 0 Å². The van der Waals surface area contributed by atoms with Crippen LogP contribution < -0.4 is 5.32 Å². The molecule has 0 spiro atoms. The van der Waals surface area contributed by atoms with Crippen LogP contribution in [0, 0.1) is 4.91 Å². The Morgan fingerprint density at radius 1 is 0.418 bits per heavy atom. The summed E-state index contributed by atoms with van der Waals surface area (Å²) in [7, 11) is 3.15. The van der Waals surface area contributed by atoms with Gasteiger partial charge in [-0.3, -0.25) is 4.79 Å². The van der Waals surface area contributed by atoms with Crippen LogP contribution in [0.4, 0.5) is 0 Å². The van der Waals surface area contributed by atoms with Gasteiger partial charge in [0.1, 0.15) is 6.04 Å². The number of carbonyl (C=O) groups is 2. The molecule has 0 aliphatic rings. The van der Waals surface area contributed by atoms with Crippen molar-refractivity contribution in [3.05, 3.63) is 182 Å². The number of amides is 1. The maximum Gasteiger partial charge on any atom is 0.329 e. The van der Waals surface area contributed by atoms with Gasteiger partial charge in [-0.25, -0.2) is 4.79 Å². The van der Waals surface area contributed by atoms with E-state index in [4.69, 9.17) is 4.74 Å². The number of benzene rings is 7. The molecule has 0 heterocycles. The summed E-state index contributed by atoms with van der Waals surface area (Å²) in [5.41, 5.74) is 22.9. The van der Waals surface area contributed by atoms with Gasteiger partial charge in [0.15, 0.2) is 0 Å². The van der Waals surface area contributed by atoms with Crippen molar-refractivity contribution >= 4 is 33.7 Å². The van der Waals surface area contributed by atoms with E-state index < -0.39 is 17.9 Å². The summed E-state index contributed by atoms with van der Waals surface area (Å²) in [6.45, 7) is 36.2. The van der Waals surface area contributed by atoms with Crippen LogP contribution in [0.5, 0.6) is 0 Å². The number of hydrogen-bond acceptors (Lipinski definition) is 7. The number of nitrogens with one attached hydrogen (secondary N) is 1. The highest BCUT2D eigenvalue weighted by Gasteiger charge is 2.30. The second-order valence-corrected chi connectivity index (χ2v) is 25.8. The van der Waals surface area contributed by atoms with Crippen molar-refractivity contribution in [2.24, 2.45) is 4.58 Å². The van der Waals surface area contributed by atoms with E-state index in [1.807, 2.05) is 0 Å². The molecule has 0 aliphatic heterocycles. The number of rotatable bonds is 21. The molecule has 0 radical (unpaired) electrons. The molecule has 1 atom stereocenters. The van der Waals surface area contributed by atoms with E-state index in [1.165, 1.54) is 73.9 Å². The van der Waals surface area contributed by atoms with E-state index in [0.717, 1.165) is 66.3 Å². The number of carbonyl (C=O) groups excluding carboxylic acids is 2. The predicted octanol–water partition coefficient (Wildman–Crippen LogP) is 21.0. The fourth-order valence-electron chi connectivity index (χ4n) is 11.6. The van der Waals surface area contributed by atoms with Crippen LogP contribution in [-0.2, 0) is 9.53 Å². The molecule has 79 heavy (non-hydrogen) atoms. The molecule has 0 fully saturated rings. The minimum atomic E-state index is -1.09. The zero-order valence-corrected chi connectivity index (χ0v) is 51.6. The minimum absolute atomic E-state index is 0.0629. The van der Waals surface area contributed by atoms with Crippen LogP contribution in [0.2, 0.25) is 0 Å². The molecule has 7 rings (SSSR count). The maximum atomic E-state index is 16.0. The monoisotopic (exact) mass is 1090 g/mol. The third kappa shape index (κ3) is 13.2. The van der Waals surface area contributed by atoms with E-state index in [1.54, 1.807) is 0 Å². The Labute approximate surface area is 481 Å². The number of methoxy groups -OCH3 is 1. The van der Waals surface area contributed by atoms with Gasteiger partial charge in [0.05, 0.1) is 23.7 Å². The first kappa shape index (κ1) is 60.4. The molecule has 0 unspecified atom stereocenters. The molecule has 1 amide bonds. The highest BCUT2D eigenvalue weighted by Crippen LogP contribution is 2.48. The Kier molecular flexibility index (Phi) is 20.2. The Morgan fingerprint density at radius 2 is 0.671 bits per heavy atom. The van der Waals surface area contributed by atoms with Crippen molar-refractivity contribution in [1.82, 2.24) is 5.32 Å². The Bertz CT molecular complexity index is 2870. The summed E-state index contributed by atoms with van der Waals surface area (Å²) in [6, 6.07) is 45.8. The van der Waals surface area contributed by atoms with Crippen molar-refractivity contribution in [3.8, 4) is 66.8 Å². The van der Waals surface area contributed by atoms with E-state index in [-0.39, 0.29) is 53.1 Å². The van der Waals surface area contributed by atoms with Crippen LogP contribution in [0.1, 0.15) is 213 Å². The lowest BCUT2D eigenvalue weighted by molar-refractivity contribution is -0.142. The van der Waals surface area contributed by atoms with Crippen LogP contribution in [0.3, 0.4) is 0 Å². The van der Waals surface area contributed by atoms with Gasteiger partial charge < -0.3 is 10.1 Å². The molecule has 0 aromatic heterocycles. The summed E-state index contributed by atoms with van der Waals surface area (Å²) >= 11 is 0. The SMILES string of the molecule is COC(=O)[C@H](CSSN=O)NC(=O)c1c(-c2cc(-c3c(C(C)C)cccc3C(C)C)cc(-c3c(C(C)C)cccc3C(C)C)c2)cccc1-c1cc(-c2c(C(C)C)cccc2C(C)C)cc(-c2c(C(C)C)cccc2C(C)C)c1. The largest absolute Gasteiger partial charge is 0.467 e. The maximum absolute atomic E-state index is 16.0. The second-order valence-electron chi connectivity index (χ2n) is 23.8. The predicted molar refractivity (Wildman–Crippen MR) is 341 cm³/mol. The summed E-state index contributed by atoms with van der Waals surface area (Å²) in [4.78, 5) is 41.1. The molecule has 0 saturated heterocycles. The quantitative estimate of drug-likeness (QED) is 0.0254. The van der Waals surface area contributed by atoms with Crippen LogP contribution in [0.25, 0.3) is 66.8 Å². The summed E-state index contributed by atoms with van der Waals surface area (Å²) in [5, 5.41) is 3.15. The van der Waals surface area contributed by atoms with Gasteiger partial charge in [0.25, 0.3) is 5.91 Å². The first-order valence-electron chi connectivity index (χ1n) is 28.6. The van der Waals surface area contributed by atoms with Gasteiger partial charge >= 0.3 is 5.97 Å². The number of nitrogens with zero attached hydrogens (tertiary/aromatic N) is 1. The lowest BCUT2D eigenvalue weighted by atomic mass is 9.79. The molecule has 0 aliphatic carbocycles. The van der Waals surface area contributed by atoms with Gasteiger partial charge in [-0.2, -0.15) is 0 Å². The van der Waals surface area contributed by atoms with Crippen LogP contribution in [-0.4, -0.2) is 30.8 Å². The lowest BCUT2D eigenvalue weighted by Gasteiger charge is -2.25. The van der Waals surface area contributed by atoms with Crippen molar-refractivity contribution in [3.63, 3.8) is 0 Å². The number of esters is 1. The zero-order chi connectivity index (χ0) is 57.6. The van der Waals surface area contributed by atoms with Gasteiger partial charge in [0, 0.05) is 10.3 Å². The highest BCUT2D eigenvalue weighted by atomic mass is 33.1. The van der Waals surface area contributed by atoms with Crippen molar-refractivity contribution in [2.75, 3.05) is 12.9 Å². The highest BCUT2D eigenvalue weighted by molar-refractivity contribution is 8.76. The van der Waals surface area contributed by atoms with E-state index in [0.29, 0.717) is 5.56 Å². The first-order chi connectivity index (χ1) is 37.6. The molecule has 0 bridgehead atoms. The summed E-state index contributed by atoms with van der Waals surface area (Å²) in [5.74, 6) is 0.873. The van der Waals surface area contributed by atoms with Crippen LogP contribution >= 0.6 is 21.8 Å². The van der Waals surface area contributed by atoms with Crippen molar-refractivity contribution in [1.29, 1.82) is 0 Å². The van der Waals surface area contributed by atoms with E-state index in [9.17, 15) is 9.70 Å². The smallest absolute Gasteiger partial charge is 0.329 e. The van der Waals surface area contributed by atoms with Gasteiger partial charge in [-0.1, -0.05) is 213 Å². The second kappa shape index (κ2) is 26.4. The van der Waals surface area contributed by atoms with Crippen molar-refractivity contribution in [2.45, 2.75) is 164 Å². The molecular formula is C71H84N2O4S2. The van der Waals surface area contributed by atoms with Crippen LogP contribution in [0.15, 0.2) is 132 Å². The number of hydrogen-bond donors (Lipinski definition) is 1. The van der Waals surface area contributed by atoms with Crippen molar-refractivity contribution < 1.29 is 14.3 Å². The third-order valence-corrected chi connectivity index (χ3v) is 17.1. The fourth-order valence-corrected chi connectivity index (χ4v) is 12.8. The average Bonchev–Trinajstić information content (AvgIpc) is 3.42. The van der Waals surface area contributed by atoms with E-state index in [2.05, 4.69) is 248 Å². The standard InChI is InChI=1S/C71H84N2O4S2/c1-40(2)54-23-18-24-55(41(3)4)65(54)50-33-48(34-51(37-50)66-56(42(5)6)25-19-26-57(66)43(7)8)62-31-22-32-63(69(62)70(74)72-64(71(75)77-17)39-78-79-73-76)49-35-52(67-58(44(9)10)27-20-28-59(67)45(11)12)38-53(36-49)68-60(46(13)14)29-21-30-61(68)47(15)16/h18-38,40-47,64H,39H2,1-17H3,(H,72,74)/t64-/m0/s1.